The monoisotopic (exact) mass is 435 g/mol. The third-order valence-electron chi connectivity index (χ3n) is 5.42. The van der Waals surface area contributed by atoms with Gasteiger partial charge in [-0.1, -0.05) is 6.07 Å². The molecule has 2 aliphatic heterocycles. The molecule has 2 fully saturated rings. The number of aryl methyl sites for hydroxylation is 1. The van der Waals surface area contributed by atoms with Crippen LogP contribution in [0.3, 0.4) is 0 Å². The van der Waals surface area contributed by atoms with Gasteiger partial charge in [0.25, 0.3) is 5.91 Å². The molecule has 150 valence electrons. The lowest BCUT2D eigenvalue weighted by Gasteiger charge is -2.35. The molecular weight excluding hydrogens is 410 g/mol. The summed E-state index contributed by atoms with van der Waals surface area (Å²) in [5, 5.41) is 4.22. The number of hydrogen-bond acceptors (Lipinski definition) is 6. The number of hydrogen-bond donors (Lipinski definition) is 0. The Labute approximate surface area is 178 Å². The van der Waals surface area contributed by atoms with Crippen LogP contribution in [0.25, 0.3) is 0 Å². The Kier molecular flexibility index (Phi) is 6.10. The van der Waals surface area contributed by atoms with Crippen molar-refractivity contribution in [3.63, 3.8) is 0 Å². The van der Waals surface area contributed by atoms with Gasteiger partial charge in [-0.3, -0.25) is 14.5 Å². The summed E-state index contributed by atoms with van der Waals surface area (Å²) in [5.74, 6) is 0.386. The maximum Gasteiger partial charge on any atom is 0.264 e. The topological polar surface area (TPSA) is 43.9 Å². The van der Waals surface area contributed by atoms with Gasteiger partial charge in [0.15, 0.2) is 0 Å². The summed E-state index contributed by atoms with van der Waals surface area (Å²) in [6.07, 6.45) is 0. The van der Waals surface area contributed by atoms with Crippen molar-refractivity contribution in [2.24, 2.45) is 0 Å². The SMILES string of the molecule is Cc1ccsc1C1SC(C)C(=O)N1CCN1CCN(C(=O)c2cccs2)CC1. The van der Waals surface area contributed by atoms with Gasteiger partial charge >= 0.3 is 0 Å². The molecule has 4 heterocycles. The molecule has 28 heavy (non-hydrogen) atoms. The number of thioether (sulfide) groups is 1. The number of carbonyl (C=O) groups is 2. The number of rotatable bonds is 5. The number of thiophene rings is 2. The molecule has 8 heteroatoms. The van der Waals surface area contributed by atoms with Crippen molar-refractivity contribution in [2.45, 2.75) is 24.5 Å². The van der Waals surface area contributed by atoms with Crippen molar-refractivity contribution >= 4 is 46.2 Å². The fourth-order valence-electron chi connectivity index (χ4n) is 3.72. The average molecular weight is 436 g/mol. The molecular formula is C20H25N3O2S3. The van der Waals surface area contributed by atoms with Gasteiger partial charge in [-0.05, 0) is 42.3 Å². The zero-order valence-electron chi connectivity index (χ0n) is 16.2. The second-order valence-electron chi connectivity index (χ2n) is 7.24. The first kappa shape index (κ1) is 19.9. The van der Waals surface area contributed by atoms with Gasteiger partial charge in [0, 0.05) is 44.1 Å². The standard InChI is InChI=1S/C20H25N3O2S3/c1-14-5-13-27-17(14)20-23(18(24)15(2)28-20)11-8-21-6-9-22(10-7-21)19(25)16-4-3-12-26-16/h3-5,12-13,15,20H,6-11H2,1-2H3. The molecule has 2 unspecified atom stereocenters. The Morgan fingerprint density at radius 3 is 2.54 bits per heavy atom. The van der Waals surface area contributed by atoms with Crippen LogP contribution in [-0.2, 0) is 4.79 Å². The van der Waals surface area contributed by atoms with E-state index in [4.69, 9.17) is 0 Å². The molecule has 4 rings (SSSR count). The van der Waals surface area contributed by atoms with Gasteiger partial charge in [-0.15, -0.1) is 34.4 Å². The Bertz CT molecular complexity index is 828. The maximum absolute atomic E-state index is 12.7. The molecule has 2 atom stereocenters. The van der Waals surface area contributed by atoms with Crippen LogP contribution in [0.2, 0.25) is 0 Å². The molecule has 2 aromatic rings. The summed E-state index contributed by atoms with van der Waals surface area (Å²) in [6.45, 7) is 8.99. The van der Waals surface area contributed by atoms with Crippen LogP contribution in [0.1, 0.15) is 32.4 Å². The normalized spacial score (nSPS) is 23.6. The van der Waals surface area contributed by atoms with Gasteiger partial charge in [0.05, 0.1) is 10.1 Å². The highest BCUT2D eigenvalue weighted by Crippen LogP contribution is 2.45. The summed E-state index contributed by atoms with van der Waals surface area (Å²) < 4.78 is 0. The minimum absolute atomic E-state index is 0.0202. The number of carbonyl (C=O) groups excluding carboxylic acids is 2. The Balaban J connectivity index is 1.32. The number of nitrogens with zero attached hydrogens (tertiary/aromatic N) is 3. The molecule has 2 amide bonds. The van der Waals surface area contributed by atoms with E-state index in [1.54, 1.807) is 23.1 Å². The van der Waals surface area contributed by atoms with Gasteiger partial charge in [0.1, 0.15) is 5.37 Å². The molecule has 0 aromatic carbocycles. The fourth-order valence-corrected chi connectivity index (χ4v) is 6.97. The van der Waals surface area contributed by atoms with Crippen LogP contribution in [-0.4, -0.2) is 71.0 Å². The van der Waals surface area contributed by atoms with Gasteiger partial charge in [-0.2, -0.15) is 0 Å². The largest absolute Gasteiger partial charge is 0.335 e. The molecule has 2 aromatic heterocycles. The van der Waals surface area contributed by atoms with Crippen LogP contribution in [0.15, 0.2) is 29.0 Å². The summed E-state index contributed by atoms with van der Waals surface area (Å²) >= 11 is 5.01. The van der Waals surface area contributed by atoms with Crippen LogP contribution in [0.4, 0.5) is 0 Å². The smallest absolute Gasteiger partial charge is 0.264 e. The van der Waals surface area contributed by atoms with E-state index in [2.05, 4.69) is 28.2 Å². The van der Waals surface area contributed by atoms with Gasteiger partial charge in [0.2, 0.25) is 5.91 Å². The van der Waals surface area contributed by atoms with Crippen LogP contribution < -0.4 is 0 Å². The highest BCUT2D eigenvalue weighted by Gasteiger charge is 2.39. The maximum atomic E-state index is 12.7. The van der Waals surface area contributed by atoms with Crippen LogP contribution in [0.5, 0.6) is 0 Å². The van der Waals surface area contributed by atoms with Gasteiger partial charge < -0.3 is 9.80 Å². The van der Waals surface area contributed by atoms with Crippen molar-refractivity contribution in [2.75, 3.05) is 39.3 Å². The Morgan fingerprint density at radius 1 is 1.11 bits per heavy atom. The van der Waals surface area contributed by atoms with Crippen LogP contribution in [0, 0.1) is 6.92 Å². The van der Waals surface area contributed by atoms with E-state index >= 15 is 0 Å². The quantitative estimate of drug-likeness (QED) is 0.721. The lowest BCUT2D eigenvalue weighted by atomic mass is 10.2. The highest BCUT2D eigenvalue weighted by atomic mass is 32.2. The minimum atomic E-state index is 0.0202. The lowest BCUT2D eigenvalue weighted by Crippen LogP contribution is -2.50. The molecule has 0 N–H and O–H groups in total. The first-order chi connectivity index (χ1) is 13.5. The average Bonchev–Trinajstić information content (AvgIpc) is 3.43. The van der Waals surface area contributed by atoms with Crippen molar-refractivity contribution in [3.05, 3.63) is 44.3 Å². The summed E-state index contributed by atoms with van der Waals surface area (Å²) in [4.78, 5) is 33.7. The zero-order chi connectivity index (χ0) is 19.7. The molecule has 0 spiro atoms. The van der Waals surface area contributed by atoms with Crippen molar-refractivity contribution in [3.8, 4) is 0 Å². The van der Waals surface area contributed by atoms with E-state index in [-0.39, 0.29) is 22.4 Å². The van der Waals surface area contributed by atoms with E-state index in [9.17, 15) is 9.59 Å². The van der Waals surface area contributed by atoms with E-state index in [0.717, 1.165) is 44.1 Å². The first-order valence-electron chi connectivity index (χ1n) is 9.59. The molecule has 5 nitrogen and oxygen atoms in total. The summed E-state index contributed by atoms with van der Waals surface area (Å²) in [6, 6.07) is 5.95. The second kappa shape index (κ2) is 8.57. The number of amides is 2. The van der Waals surface area contributed by atoms with E-state index in [1.165, 1.54) is 21.8 Å². The zero-order valence-corrected chi connectivity index (χ0v) is 18.6. The molecule has 2 aliphatic rings. The molecule has 0 saturated carbocycles. The predicted molar refractivity (Wildman–Crippen MR) is 117 cm³/mol. The molecule has 2 saturated heterocycles. The van der Waals surface area contributed by atoms with E-state index in [0.29, 0.717) is 0 Å². The first-order valence-corrected chi connectivity index (χ1v) is 12.3. The van der Waals surface area contributed by atoms with Crippen molar-refractivity contribution in [1.82, 2.24) is 14.7 Å². The van der Waals surface area contributed by atoms with Gasteiger partial charge in [-0.25, -0.2) is 0 Å². The van der Waals surface area contributed by atoms with Crippen LogP contribution >= 0.6 is 34.4 Å². The van der Waals surface area contributed by atoms with E-state index in [1.807, 2.05) is 29.3 Å². The lowest BCUT2D eigenvalue weighted by molar-refractivity contribution is -0.130. The second-order valence-corrected chi connectivity index (χ2v) is 10.6. The Hall–Kier alpha value is -1.35. The van der Waals surface area contributed by atoms with E-state index < -0.39 is 0 Å². The predicted octanol–water partition coefficient (Wildman–Crippen LogP) is 3.54. The summed E-state index contributed by atoms with van der Waals surface area (Å²) in [7, 11) is 0. The fraction of sp³-hybridized carbons (Fsp3) is 0.500. The Morgan fingerprint density at radius 2 is 1.89 bits per heavy atom. The number of piperazine rings is 1. The minimum Gasteiger partial charge on any atom is -0.335 e. The van der Waals surface area contributed by atoms with Crippen molar-refractivity contribution < 1.29 is 9.59 Å². The third-order valence-corrected chi connectivity index (χ3v) is 8.86. The third kappa shape index (κ3) is 4.01. The molecule has 0 aliphatic carbocycles. The summed E-state index contributed by atoms with van der Waals surface area (Å²) in [5.41, 5.74) is 1.27. The highest BCUT2D eigenvalue weighted by molar-refractivity contribution is 8.01. The van der Waals surface area contributed by atoms with Crippen molar-refractivity contribution in [1.29, 1.82) is 0 Å². The molecule has 0 bridgehead atoms. The molecule has 0 radical (unpaired) electrons.